The molecule has 0 saturated carbocycles. The lowest BCUT2D eigenvalue weighted by molar-refractivity contribution is 0.0670. The molecule has 0 spiro atoms. The summed E-state index contributed by atoms with van der Waals surface area (Å²) in [6.07, 6.45) is 3.02. The average Bonchev–Trinajstić information content (AvgIpc) is 2.00. The molecular formula is C10H21O2. The minimum Gasteiger partial charge on any atom is -0.396 e. The SMILES string of the molecule is [CH2]CCCC(O)CC(C)(C)CO. The summed E-state index contributed by atoms with van der Waals surface area (Å²) in [6, 6.07) is 0. The van der Waals surface area contributed by atoms with Crippen LogP contribution >= 0.6 is 0 Å². The highest BCUT2D eigenvalue weighted by Crippen LogP contribution is 2.23. The Hall–Kier alpha value is -0.0800. The molecule has 0 aromatic carbocycles. The summed E-state index contributed by atoms with van der Waals surface area (Å²) in [7, 11) is 0. The molecule has 1 atom stereocenters. The predicted octanol–water partition coefficient (Wildman–Crippen LogP) is 1.76. The molecule has 0 aliphatic rings. The monoisotopic (exact) mass is 173 g/mol. The highest BCUT2D eigenvalue weighted by atomic mass is 16.3. The Bertz CT molecular complexity index is 110. The van der Waals surface area contributed by atoms with E-state index >= 15 is 0 Å². The summed E-state index contributed by atoms with van der Waals surface area (Å²) in [5.74, 6) is 0. The zero-order valence-electron chi connectivity index (χ0n) is 8.21. The largest absolute Gasteiger partial charge is 0.396 e. The van der Waals surface area contributed by atoms with Gasteiger partial charge in [-0.25, -0.2) is 0 Å². The number of hydrogen-bond donors (Lipinski definition) is 2. The first-order chi connectivity index (χ1) is 5.52. The van der Waals surface area contributed by atoms with E-state index in [4.69, 9.17) is 5.11 Å². The summed E-state index contributed by atoms with van der Waals surface area (Å²) in [6.45, 7) is 7.76. The molecule has 0 saturated heterocycles. The molecule has 0 aromatic rings. The molecule has 12 heavy (non-hydrogen) atoms. The molecule has 0 aliphatic heterocycles. The van der Waals surface area contributed by atoms with Gasteiger partial charge in [-0.15, -0.1) is 0 Å². The van der Waals surface area contributed by atoms with Crippen molar-refractivity contribution in [2.75, 3.05) is 6.61 Å². The Kier molecular flexibility index (Phi) is 5.51. The summed E-state index contributed by atoms with van der Waals surface area (Å²) in [5.41, 5.74) is -0.152. The van der Waals surface area contributed by atoms with E-state index in [0.717, 1.165) is 19.3 Å². The Labute approximate surface area is 75.6 Å². The van der Waals surface area contributed by atoms with Gasteiger partial charge in [0.2, 0.25) is 0 Å². The van der Waals surface area contributed by atoms with Crippen LogP contribution in [-0.2, 0) is 0 Å². The second-order valence-electron chi connectivity index (χ2n) is 4.18. The van der Waals surface area contributed by atoms with E-state index in [9.17, 15) is 5.11 Å². The van der Waals surface area contributed by atoms with Crippen LogP contribution in [0.5, 0.6) is 0 Å². The van der Waals surface area contributed by atoms with E-state index in [1.54, 1.807) is 0 Å². The van der Waals surface area contributed by atoms with Gasteiger partial charge in [0.15, 0.2) is 0 Å². The molecule has 0 heterocycles. The Balaban J connectivity index is 3.60. The topological polar surface area (TPSA) is 40.5 Å². The third kappa shape index (κ3) is 5.56. The van der Waals surface area contributed by atoms with Crippen molar-refractivity contribution >= 4 is 0 Å². The van der Waals surface area contributed by atoms with Crippen LogP contribution < -0.4 is 0 Å². The first-order valence-electron chi connectivity index (χ1n) is 4.60. The van der Waals surface area contributed by atoms with Gasteiger partial charge in [-0.2, -0.15) is 0 Å². The molecule has 73 valence electrons. The van der Waals surface area contributed by atoms with Crippen LogP contribution in [-0.4, -0.2) is 22.9 Å². The van der Waals surface area contributed by atoms with Crippen molar-refractivity contribution in [2.24, 2.45) is 5.41 Å². The van der Waals surface area contributed by atoms with Gasteiger partial charge in [-0.3, -0.25) is 0 Å². The summed E-state index contributed by atoms with van der Waals surface area (Å²) < 4.78 is 0. The predicted molar refractivity (Wildman–Crippen MR) is 50.7 cm³/mol. The molecule has 0 aliphatic carbocycles. The van der Waals surface area contributed by atoms with Gasteiger partial charge < -0.3 is 10.2 Å². The first-order valence-corrected chi connectivity index (χ1v) is 4.60. The van der Waals surface area contributed by atoms with Crippen LogP contribution in [0.4, 0.5) is 0 Å². The molecule has 2 N–H and O–H groups in total. The highest BCUT2D eigenvalue weighted by molar-refractivity contribution is 4.71. The van der Waals surface area contributed by atoms with Gasteiger partial charge in [0.1, 0.15) is 0 Å². The molecule has 2 nitrogen and oxygen atoms in total. The van der Waals surface area contributed by atoms with E-state index < -0.39 is 0 Å². The van der Waals surface area contributed by atoms with Gasteiger partial charge in [0.25, 0.3) is 0 Å². The second kappa shape index (κ2) is 5.55. The van der Waals surface area contributed by atoms with Crippen molar-refractivity contribution in [3.63, 3.8) is 0 Å². The summed E-state index contributed by atoms with van der Waals surface area (Å²) in [5, 5.41) is 18.5. The first kappa shape index (κ1) is 11.9. The third-order valence-electron chi connectivity index (χ3n) is 2.00. The van der Waals surface area contributed by atoms with Crippen LogP contribution in [0.15, 0.2) is 0 Å². The quantitative estimate of drug-likeness (QED) is 0.642. The minimum atomic E-state index is -0.283. The molecule has 1 unspecified atom stereocenters. The maximum Gasteiger partial charge on any atom is 0.0546 e. The maximum atomic E-state index is 9.51. The van der Waals surface area contributed by atoms with Gasteiger partial charge >= 0.3 is 0 Å². The van der Waals surface area contributed by atoms with Crippen LogP contribution in [0.3, 0.4) is 0 Å². The van der Waals surface area contributed by atoms with Crippen molar-refractivity contribution in [3.8, 4) is 0 Å². The van der Waals surface area contributed by atoms with Crippen molar-refractivity contribution in [1.82, 2.24) is 0 Å². The fraction of sp³-hybridized carbons (Fsp3) is 0.900. The smallest absolute Gasteiger partial charge is 0.0546 e. The van der Waals surface area contributed by atoms with E-state index in [1.165, 1.54) is 0 Å². The van der Waals surface area contributed by atoms with Crippen molar-refractivity contribution in [3.05, 3.63) is 6.92 Å². The fourth-order valence-electron chi connectivity index (χ4n) is 1.18. The van der Waals surface area contributed by atoms with E-state index in [1.807, 2.05) is 13.8 Å². The highest BCUT2D eigenvalue weighted by Gasteiger charge is 2.20. The van der Waals surface area contributed by atoms with E-state index in [-0.39, 0.29) is 18.1 Å². The Morgan fingerprint density at radius 3 is 2.42 bits per heavy atom. The zero-order valence-corrected chi connectivity index (χ0v) is 8.21. The standard InChI is InChI=1S/C10H21O2/c1-4-5-6-9(12)7-10(2,3)8-11/h9,11-12H,1,4-8H2,2-3H3. The van der Waals surface area contributed by atoms with E-state index in [0.29, 0.717) is 6.42 Å². The molecule has 0 rings (SSSR count). The van der Waals surface area contributed by atoms with Crippen molar-refractivity contribution < 1.29 is 10.2 Å². The molecule has 0 fully saturated rings. The summed E-state index contributed by atoms with van der Waals surface area (Å²) in [4.78, 5) is 0. The zero-order chi connectivity index (χ0) is 9.61. The lowest BCUT2D eigenvalue weighted by Crippen LogP contribution is -2.23. The third-order valence-corrected chi connectivity index (χ3v) is 2.00. The number of rotatable bonds is 6. The molecule has 1 radical (unpaired) electrons. The molecule has 0 amide bonds. The summed E-state index contributed by atoms with van der Waals surface area (Å²) >= 11 is 0. The van der Waals surface area contributed by atoms with Crippen LogP contribution in [0.2, 0.25) is 0 Å². The molecule has 0 aromatic heterocycles. The van der Waals surface area contributed by atoms with Crippen LogP contribution in [0, 0.1) is 12.3 Å². The van der Waals surface area contributed by atoms with Gasteiger partial charge in [-0.05, 0) is 18.3 Å². The molecule has 0 bridgehead atoms. The van der Waals surface area contributed by atoms with Gasteiger partial charge in [0.05, 0.1) is 6.10 Å². The average molecular weight is 173 g/mol. The number of aliphatic hydroxyl groups is 2. The normalized spacial score (nSPS) is 14.8. The molecule has 2 heteroatoms. The van der Waals surface area contributed by atoms with Crippen LogP contribution in [0.1, 0.15) is 39.5 Å². The Morgan fingerprint density at radius 1 is 1.42 bits per heavy atom. The minimum absolute atomic E-state index is 0.133. The second-order valence-corrected chi connectivity index (χ2v) is 4.18. The molecular weight excluding hydrogens is 152 g/mol. The number of aliphatic hydroxyl groups excluding tert-OH is 2. The number of hydrogen-bond acceptors (Lipinski definition) is 2. The lowest BCUT2D eigenvalue weighted by atomic mass is 9.86. The Morgan fingerprint density at radius 2 is 2.00 bits per heavy atom. The maximum absolute atomic E-state index is 9.51. The van der Waals surface area contributed by atoms with E-state index in [2.05, 4.69) is 6.92 Å². The number of unbranched alkanes of at least 4 members (excludes halogenated alkanes) is 1. The van der Waals surface area contributed by atoms with Crippen molar-refractivity contribution in [2.45, 2.75) is 45.6 Å². The lowest BCUT2D eigenvalue weighted by Gasteiger charge is -2.24. The fourth-order valence-corrected chi connectivity index (χ4v) is 1.18. The van der Waals surface area contributed by atoms with Crippen LogP contribution in [0.25, 0.3) is 0 Å². The van der Waals surface area contributed by atoms with Crippen molar-refractivity contribution in [1.29, 1.82) is 0 Å². The van der Waals surface area contributed by atoms with Gasteiger partial charge in [-0.1, -0.05) is 33.6 Å². The van der Waals surface area contributed by atoms with Gasteiger partial charge in [0, 0.05) is 6.61 Å².